The van der Waals surface area contributed by atoms with E-state index in [1.165, 1.54) is 0 Å². The second kappa shape index (κ2) is 5.44. The van der Waals surface area contributed by atoms with Gasteiger partial charge in [0.05, 0.1) is 11.1 Å². The van der Waals surface area contributed by atoms with E-state index >= 15 is 0 Å². The Kier molecular flexibility index (Phi) is 4.00. The number of pyridine rings is 1. The van der Waals surface area contributed by atoms with Gasteiger partial charge in [0.25, 0.3) is 0 Å². The van der Waals surface area contributed by atoms with Crippen molar-refractivity contribution in [2.24, 2.45) is 10.9 Å². The van der Waals surface area contributed by atoms with Crippen LogP contribution < -0.4 is 5.32 Å². The van der Waals surface area contributed by atoms with Crippen molar-refractivity contribution in [3.05, 3.63) is 29.1 Å². The van der Waals surface area contributed by atoms with Gasteiger partial charge in [0.2, 0.25) is 0 Å². The highest BCUT2D eigenvalue weighted by Crippen LogP contribution is 2.28. The van der Waals surface area contributed by atoms with Crippen LogP contribution in [-0.4, -0.2) is 38.8 Å². The fourth-order valence-electron chi connectivity index (χ4n) is 2.22. The summed E-state index contributed by atoms with van der Waals surface area (Å²) in [7, 11) is 0. The molecule has 0 bridgehead atoms. The molecule has 1 aromatic rings. The molecule has 21 heavy (non-hydrogen) atoms. The van der Waals surface area contributed by atoms with E-state index in [0.717, 1.165) is 5.56 Å². The molecule has 2 heterocycles. The van der Waals surface area contributed by atoms with Gasteiger partial charge in [-0.2, -0.15) is 0 Å². The maximum absolute atomic E-state index is 11.4. The minimum atomic E-state index is -1.05. The molecule has 0 radical (unpaired) electrons. The molecular weight excluding hydrogens is 270 g/mol. The predicted octanol–water partition coefficient (Wildman–Crippen LogP) is 1.43. The third-order valence-electron chi connectivity index (χ3n) is 4.18. The summed E-state index contributed by atoms with van der Waals surface area (Å²) in [5, 5.41) is 22.7. The van der Waals surface area contributed by atoms with Crippen LogP contribution in [0.4, 0.5) is 0 Å². The van der Waals surface area contributed by atoms with E-state index in [2.05, 4.69) is 15.3 Å². The van der Waals surface area contributed by atoms with Crippen LogP contribution in [0.3, 0.4) is 0 Å². The Hall–Kier alpha value is -1.95. The van der Waals surface area contributed by atoms with Crippen LogP contribution in [0.25, 0.3) is 0 Å². The molecule has 2 atom stereocenters. The normalized spacial score (nSPS) is 24.9. The second-order valence-corrected chi connectivity index (χ2v) is 5.81. The van der Waals surface area contributed by atoms with Crippen molar-refractivity contribution >= 4 is 11.8 Å². The number of carbonyl (C=O) groups is 1. The fourth-order valence-corrected chi connectivity index (χ4v) is 2.22. The summed E-state index contributed by atoms with van der Waals surface area (Å²) in [5.74, 6) is -0.597. The highest BCUT2D eigenvalue weighted by Gasteiger charge is 2.43. The van der Waals surface area contributed by atoms with Gasteiger partial charge in [-0.05, 0) is 30.9 Å². The first-order valence-corrected chi connectivity index (χ1v) is 7.06. The molecule has 0 unspecified atom stereocenters. The highest BCUT2D eigenvalue weighted by molar-refractivity contribution is 6.07. The number of aromatic carboxylic acids is 1. The van der Waals surface area contributed by atoms with Crippen LogP contribution in [0.2, 0.25) is 0 Å². The average molecular weight is 291 g/mol. The highest BCUT2D eigenvalue weighted by atomic mass is 16.4. The molecule has 1 aliphatic rings. The van der Waals surface area contributed by atoms with Crippen molar-refractivity contribution in [1.29, 1.82) is 0 Å². The number of nitrogens with one attached hydrogen (secondary N) is 1. The lowest BCUT2D eigenvalue weighted by Gasteiger charge is -2.32. The zero-order valence-corrected chi connectivity index (χ0v) is 12.7. The van der Waals surface area contributed by atoms with E-state index in [9.17, 15) is 15.0 Å². The number of aryl methyl sites for hydroxylation is 1. The molecule has 2 rings (SSSR count). The lowest BCUT2D eigenvalue weighted by Crippen LogP contribution is -2.52. The molecular formula is C15H21N3O3. The Morgan fingerprint density at radius 3 is 2.67 bits per heavy atom. The summed E-state index contributed by atoms with van der Waals surface area (Å²) in [5.41, 5.74) is 0.585. The van der Waals surface area contributed by atoms with Gasteiger partial charge in [-0.3, -0.25) is 4.98 Å². The maximum Gasteiger partial charge on any atom is 0.338 e. The van der Waals surface area contributed by atoms with Crippen molar-refractivity contribution < 1.29 is 15.0 Å². The smallest absolute Gasteiger partial charge is 0.338 e. The molecule has 3 N–H and O–H groups in total. The summed E-state index contributed by atoms with van der Waals surface area (Å²) in [6, 6.07) is 1.60. The minimum Gasteiger partial charge on any atom is -0.478 e. The van der Waals surface area contributed by atoms with Crippen LogP contribution in [0.1, 0.15) is 49.3 Å². The molecule has 0 saturated carbocycles. The number of carboxylic acid groups (broad SMARTS) is 1. The van der Waals surface area contributed by atoms with Gasteiger partial charge < -0.3 is 15.5 Å². The molecule has 0 fully saturated rings. The molecule has 1 aromatic heterocycles. The van der Waals surface area contributed by atoms with Gasteiger partial charge in [-0.15, -0.1) is 0 Å². The van der Waals surface area contributed by atoms with Crippen LogP contribution in [-0.2, 0) is 6.42 Å². The van der Waals surface area contributed by atoms with Crippen LogP contribution in [0.15, 0.2) is 17.3 Å². The summed E-state index contributed by atoms with van der Waals surface area (Å²) in [6.07, 6.45) is 1.42. The topological polar surface area (TPSA) is 94.8 Å². The summed E-state index contributed by atoms with van der Waals surface area (Å²) in [6.45, 7) is 7.74. The molecule has 0 saturated heterocycles. The minimum absolute atomic E-state index is 0.0980. The van der Waals surface area contributed by atoms with Crippen molar-refractivity contribution in [1.82, 2.24) is 10.3 Å². The Labute approximate surface area is 123 Å². The maximum atomic E-state index is 11.4. The molecule has 114 valence electrons. The monoisotopic (exact) mass is 291 g/mol. The first kappa shape index (κ1) is 15.4. The standard InChI is InChI=1S/C15H21N3O3/c1-5-9-6-10(13(19)20)11(16-7-9)12-17-14(21)15(4,18-12)8(2)3/h6-8,14,21H,5H2,1-4H3,(H,17,18)(H,19,20)/t14-,15-/m1/s1. The Balaban J connectivity index is 2.44. The number of hydrogen-bond donors (Lipinski definition) is 3. The van der Waals surface area contributed by atoms with Gasteiger partial charge in [-0.1, -0.05) is 20.8 Å². The van der Waals surface area contributed by atoms with E-state index in [-0.39, 0.29) is 17.2 Å². The van der Waals surface area contributed by atoms with Crippen LogP contribution >= 0.6 is 0 Å². The molecule has 0 spiro atoms. The number of aliphatic imine (C=N–C) groups is 1. The van der Waals surface area contributed by atoms with E-state index in [4.69, 9.17) is 0 Å². The van der Waals surface area contributed by atoms with E-state index in [1.807, 2.05) is 27.7 Å². The third kappa shape index (κ3) is 2.63. The van der Waals surface area contributed by atoms with Gasteiger partial charge in [0, 0.05) is 6.20 Å². The lowest BCUT2D eigenvalue weighted by atomic mass is 9.87. The largest absolute Gasteiger partial charge is 0.478 e. The number of amidine groups is 1. The van der Waals surface area contributed by atoms with E-state index in [1.54, 1.807) is 12.3 Å². The number of rotatable bonds is 4. The van der Waals surface area contributed by atoms with Crippen molar-refractivity contribution in [3.8, 4) is 0 Å². The third-order valence-corrected chi connectivity index (χ3v) is 4.18. The van der Waals surface area contributed by atoms with Gasteiger partial charge in [0.1, 0.15) is 5.69 Å². The summed E-state index contributed by atoms with van der Waals surface area (Å²) >= 11 is 0. The van der Waals surface area contributed by atoms with Crippen LogP contribution in [0.5, 0.6) is 0 Å². The quantitative estimate of drug-likeness (QED) is 0.780. The second-order valence-electron chi connectivity index (χ2n) is 5.81. The zero-order valence-electron chi connectivity index (χ0n) is 12.7. The molecule has 6 nitrogen and oxygen atoms in total. The van der Waals surface area contributed by atoms with Gasteiger partial charge in [-0.25, -0.2) is 9.79 Å². The first-order valence-electron chi connectivity index (χ1n) is 7.06. The fraction of sp³-hybridized carbons (Fsp3) is 0.533. The molecule has 0 amide bonds. The first-order chi connectivity index (χ1) is 9.79. The van der Waals surface area contributed by atoms with Crippen molar-refractivity contribution in [2.75, 3.05) is 0 Å². The zero-order chi connectivity index (χ0) is 15.8. The summed E-state index contributed by atoms with van der Waals surface area (Å²) in [4.78, 5) is 19.8. The number of aromatic nitrogens is 1. The van der Waals surface area contributed by atoms with E-state index < -0.39 is 17.7 Å². The van der Waals surface area contributed by atoms with E-state index in [0.29, 0.717) is 12.3 Å². The number of hydrogen-bond acceptors (Lipinski definition) is 5. The predicted molar refractivity (Wildman–Crippen MR) is 79.5 cm³/mol. The number of aliphatic hydroxyl groups is 1. The van der Waals surface area contributed by atoms with Crippen molar-refractivity contribution in [3.63, 3.8) is 0 Å². The Bertz CT molecular complexity index is 598. The molecule has 0 aromatic carbocycles. The number of nitrogens with zero attached hydrogens (tertiary/aromatic N) is 2. The Morgan fingerprint density at radius 1 is 1.52 bits per heavy atom. The van der Waals surface area contributed by atoms with Gasteiger partial charge in [0.15, 0.2) is 12.1 Å². The number of carboxylic acids is 1. The average Bonchev–Trinajstić information content (AvgIpc) is 2.75. The van der Waals surface area contributed by atoms with Crippen LogP contribution in [0, 0.1) is 5.92 Å². The number of aliphatic hydroxyl groups excluding tert-OH is 1. The molecule has 6 heteroatoms. The van der Waals surface area contributed by atoms with Gasteiger partial charge >= 0.3 is 5.97 Å². The molecule has 0 aliphatic carbocycles. The SMILES string of the molecule is CCc1cnc(C2=N[C@H](O)[C@@](C)(C(C)C)N2)c(C(=O)O)c1. The lowest BCUT2D eigenvalue weighted by molar-refractivity contribution is 0.0696. The Morgan fingerprint density at radius 2 is 2.19 bits per heavy atom. The molecule has 1 aliphatic heterocycles. The summed E-state index contributed by atoms with van der Waals surface area (Å²) < 4.78 is 0. The van der Waals surface area contributed by atoms with Crippen molar-refractivity contribution in [2.45, 2.75) is 45.9 Å².